The van der Waals surface area contributed by atoms with Gasteiger partial charge < -0.3 is 14.8 Å². The molecule has 2 rings (SSSR count). The molecule has 0 atom stereocenters. The van der Waals surface area contributed by atoms with Crippen LogP contribution < -0.4 is 14.8 Å². The van der Waals surface area contributed by atoms with Gasteiger partial charge in [0.05, 0.1) is 18.7 Å². The van der Waals surface area contributed by atoms with Crippen molar-refractivity contribution in [3.63, 3.8) is 0 Å². The van der Waals surface area contributed by atoms with Crippen LogP contribution in [0.4, 0.5) is 5.69 Å². The van der Waals surface area contributed by atoms with Crippen molar-refractivity contribution < 1.29 is 14.3 Å². The summed E-state index contributed by atoms with van der Waals surface area (Å²) in [6, 6.07) is 12.1. The van der Waals surface area contributed by atoms with E-state index in [4.69, 9.17) is 21.1 Å². The summed E-state index contributed by atoms with van der Waals surface area (Å²) >= 11 is 6.08. The Labute approximate surface area is 128 Å². The Morgan fingerprint density at radius 3 is 2.71 bits per heavy atom. The number of carbonyl (C=O) groups excluding carboxylic acids is 1. The average Bonchev–Trinajstić information content (AvgIpc) is 2.49. The minimum Gasteiger partial charge on any atom is -0.497 e. The van der Waals surface area contributed by atoms with Crippen LogP contribution in [0.3, 0.4) is 0 Å². The maximum atomic E-state index is 12.2. The second-order valence-electron chi connectivity index (χ2n) is 4.26. The predicted octanol–water partition coefficient (Wildman–Crippen LogP) is 4.00. The van der Waals surface area contributed by atoms with Gasteiger partial charge >= 0.3 is 0 Å². The SMILES string of the molecule is CCOc1ccc(C(=O)Nc2cccc(OC)c2)cc1Cl. The molecule has 0 aliphatic rings. The molecule has 0 aliphatic carbocycles. The molecule has 2 aromatic carbocycles. The summed E-state index contributed by atoms with van der Waals surface area (Å²) in [5, 5.41) is 3.21. The van der Waals surface area contributed by atoms with Crippen molar-refractivity contribution in [3.8, 4) is 11.5 Å². The van der Waals surface area contributed by atoms with Gasteiger partial charge in [-0.3, -0.25) is 4.79 Å². The Bertz CT molecular complexity index is 643. The highest BCUT2D eigenvalue weighted by atomic mass is 35.5. The monoisotopic (exact) mass is 305 g/mol. The molecule has 2 aromatic rings. The highest BCUT2D eigenvalue weighted by molar-refractivity contribution is 6.32. The van der Waals surface area contributed by atoms with E-state index in [2.05, 4.69) is 5.32 Å². The normalized spacial score (nSPS) is 10.0. The number of hydrogen-bond acceptors (Lipinski definition) is 3. The minimum atomic E-state index is -0.242. The van der Waals surface area contributed by atoms with Crippen molar-refractivity contribution in [1.29, 1.82) is 0 Å². The Balaban J connectivity index is 2.14. The Morgan fingerprint density at radius 1 is 1.24 bits per heavy atom. The summed E-state index contributed by atoms with van der Waals surface area (Å²) in [5.74, 6) is 1.00. The van der Waals surface area contributed by atoms with Gasteiger partial charge in [-0.05, 0) is 37.3 Å². The zero-order valence-corrected chi connectivity index (χ0v) is 12.6. The number of methoxy groups -OCH3 is 1. The molecule has 1 amide bonds. The first-order chi connectivity index (χ1) is 10.1. The van der Waals surface area contributed by atoms with Crippen LogP contribution >= 0.6 is 11.6 Å². The van der Waals surface area contributed by atoms with Gasteiger partial charge in [-0.15, -0.1) is 0 Å². The molecule has 21 heavy (non-hydrogen) atoms. The molecular weight excluding hydrogens is 290 g/mol. The Morgan fingerprint density at radius 2 is 2.05 bits per heavy atom. The molecule has 0 aliphatic heterocycles. The lowest BCUT2D eigenvalue weighted by molar-refractivity contribution is 0.102. The molecule has 0 fully saturated rings. The predicted molar refractivity (Wildman–Crippen MR) is 83.6 cm³/mol. The van der Waals surface area contributed by atoms with Crippen LogP contribution in [0, 0.1) is 0 Å². The van der Waals surface area contributed by atoms with Crippen molar-refractivity contribution in [3.05, 3.63) is 53.1 Å². The van der Waals surface area contributed by atoms with E-state index in [9.17, 15) is 4.79 Å². The van der Waals surface area contributed by atoms with Gasteiger partial charge in [0.1, 0.15) is 11.5 Å². The molecule has 0 spiro atoms. The summed E-state index contributed by atoms with van der Waals surface area (Å²) in [6.07, 6.45) is 0. The Kier molecular flexibility index (Phi) is 5.06. The van der Waals surface area contributed by atoms with Crippen LogP contribution in [0.2, 0.25) is 5.02 Å². The summed E-state index contributed by atoms with van der Waals surface area (Å²) < 4.78 is 10.5. The lowest BCUT2D eigenvalue weighted by Gasteiger charge is -2.09. The van der Waals surface area contributed by atoms with Crippen LogP contribution in [-0.4, -0.2) is 19.6 Å². The van der Waals surface area contributed by atoms with Gasteiger partial charge in [0.25, 0.3) is 5.91 Å². The molecule has 110 valence electrons. The van der Waals surface area contributed by atoms with E-state index in [0.717, 1.165) is 0 Å². The molecule has 0 unspecified atom stereocenters. The first-order valence-corrected chi connectivity index (χ1v) is 6.89. The third-order valence-corrected chi connectivity index (χ3v) is 3.12. The molecule has 0 radical (unpaired) electrons. The number of benzene rings is 2. The Hall–Kier alpha value is -2.20. The number of rotatable bonds is 5. The maximum Gasteiger partial charge on any atom is 0.255 e. The smallest absolute Gasteiger partial charge is 0.255 e. The fraction of sp³-hybridized carbons (Fsp3) is 0.188. The first kappa shape index (κ1) is 15.2. The van der Waals surface area contributed by atoms with Crippen LogP contribution in [0.5, 0.6) is 11.5 Å². The zero-order chi connectivity index (χ0) is 15.2. The molecule has 0 bridgehead atoms. The average molecular weight is 306 g/mol. The molecule has 0 heterocycles. The second kappa shape index (κ2) is 6.99. The van der Waals surface area contributed by atoms with E-state index in [1.165, 1.54) is 0 Å². The largest absolute Gasteiger partial charge is 0.497 e. The molecular formula is C16H16ClNO3. The van der Waals surface area contributed by atoms with E-state index >= 15 is 0 Å². The highest BCUT2D eigenvalue weighted by Crippen LogP contribution is 2.26. The quantitative estimate of drug-likeness (QED) is 0.908. The topological polar surface area (TPSA) is 47.6 Å². The zero-order valence-electron chi connectivity index (χ0n) is 11.9. The van der Waals surface area contributed by atoms with Crippen LogP contribution in [0.15, 0.2) is 42.5 Å². The third kappa shape index (κ3) is 3.89. The highest BCUT2D eigenvalue weighted by Gasteiger charge is 2.10. The first-order valence-electron chi connectivity index (χ1n) is 6.51. The van der Waals surface area contributed by atoms with E-state index in [1.54, 1.807) is 43.5 Å². The number of amides is 1. The number of nitrogens with one attached hydrogen (secondary N) is 1. The van der Waals surface area contributed by atoms with E-state index in [1.807, 2.05) is 13.0 Å². The fourth-order valence-corrected chi connectivity index (χ4v) is 2.05. The number of halogens is 1. The van der Waals surface area contributed by atoms with Crippen molar-refractivity contribution in [1.82, 2.24) is 0 Å². The van der Waals surface area contributed by atoms with Gasteiger partial charge in [-0.2, -0.15) is 0 Å². The van der Waals surface area contributed by atoms with E-state index in [0.29, 0.717) is 34.4 Å². The van der Waals surface area contributed by atoms with Crippen molar-refractivity contribution in [2.24, 2.45) is 0 Å². The van der Waals surface area contributed by atoms with Gasteiger partial charge in [0.15, 0.2) is 0 Å². The number of ether oxygens (including phenoxy) is 2. The summed E-state index contributed by atoms with van der Waals surface area (Å²) in [4.78, 5) is 12.2. The standard InChI is InChI=1S/C16H16ClNO3/c1-3-21-15-8-7-11(9-14(15)17)16(19)18-12-5-4-6-13(10-12)20-2/h4-10H,3H2,1-2H3,(H,18,19). The number of hydrogen-bond donors (Lipinski definition) is 1. The van der Waals surface area contributed by atoms with Crippen LogP contribution in [-0.2, 0) is 0 Å². The van der Waals surface area contributed by atoms with Crippen LogP contribution in [0.1, 0.15) is 17.3 Å². The van der Waals surface area contributed by atoms with Crippen LogP contribution in [0.25, 0.3) is 0 Å². The van der Waals surface area contributed by atoms with E-state index < -0.39 is 0 Å². The molecule has 4 nitrogen and oxygen atoms in total. The molecule has 0 aromatic heterocycles. The fourth-order valence-electron chi connectivity index (χ4n) is 1.82. The van der Waals surface area contributed by atoms with Gasteiger partial charge in [-0.1, -0.05) is 17.7 Å². The molecule has 1 N–H and O–H groups in total. The molecule has 0 saturated carbocycles. The van der Waals surface area contributed by atoms with Crippen molar-refractivity contribution in [2.75, 3.05) is 19.0 Å². The number of carbonyl (C=O) groups is 1. The summed E-state index contributed by atoms with van der Waals surface area (Å²) in [5.41, 5.74) is 1.12. The van der Waals surface area contributed by atoms with Gasteiger partial charge in [0.2, 0.25) is 0 Å². The number of anilines is 1. The second-order valence-corrected chi connectivity index (χ2v) is 4.67. The molecule has 0 saturated heterocycles. The minimum absolute atomic E-state index is 0.242. The van der Waals surface area contributed by atoms with Gasteiger partial charge in [0, 0.05) is 17.3 Å². The van der Waals surface area contributed by atoms with Crippen molar-refractivity contribution >= 4 is 23.2 Å². The van der Waals surface area contributed by atoms with E-state index in [-0.39, 0.29) is 5.91 Å². The summed E-state index contributed by atoms with van der Waals surface area (Å²) in [6.45, 7) is 2.40. The molecule has 5 heteroatoms. The lowest BCUT2D eigenvalue weighted by Crippen LogP contribution is -2.12. The summed E-state index contributed by atoms with van der Waals surface area (Å²) in [7, 11) is 1.58. The maximum absolute atomic E-state index is 12.2. The van der Waals surface area contributed by atoms with Gasteiger partial charge in [-0.25, -0.2) is 0 Å². The lowest BCUT2D eigenvalue weighted by atomic mass is 10.2. The third-order valence-electron chi connectivity index (χ3n) is 2.82. The van der Waals surface area contributed by atoms with Crippen molar-refractivity contribution in [2.45, 2.75) is 6.92 Å².